The van der Waals surface area contributed by atoms with Crippen LogP contribution in [-0.4, -0.2) is 32.8 Å². The van der Waals surface area contributed by atoms with Crippen molar-refractivity contribution in [3.63, 3.8) is 0 Å². The lowest BCUT2D eigenvalue weighted by atomic mass is 10.0. The van der Waals surface area contributed by atoms with Crippen molar-refractivity contribution in [2.75, 3.05) is 37.0 Å². The Morgan fingerprint density at radius 3 is 2.50 bits per heavy atom. The van der Waals surface area contributed by atoms with Crippen LogP contribution in [0.1, 0.15) is 32.3 Å². The highest BCUT2D eigenvalue weighted by Crippen LogP contribution is 2.26. The van der Waals surface area contributed by atoms with Gasteiger partial charge in [-0.05, 0) is 49.4 Å². The molecule has 2 rings (SSSR count). The fraction of sp³-hybridized carbons (Fsp3) is 0.647. The van der Waals surface area contributed by atoms with Crippen LogP contribution in [0.5, 0.6) is 0 Å². The van der Waals surface area contributed by atoms with Gasteiger partial charge in [-0.2, -0.15) is 0 Å². The van der Waals surface area contributed by atoms with Crippen LogP contribution in [0, 0.1) is 12.8 Å². The van der Waals surface area contributed by atoms with Crippen LogP contribution >= 0.6 is 0 Å². The van der Waals surface area contributed by atoms with Crippen molar-refractivity contribution in [1.29, 1.82) is 0 Å². The molecule has 0 aromatic heterocycles. The first kappa shape index (κ1) is 15.2. The van der Waals surface area contributed by atoms with E-state index in [4.69, 9.17) is 4.74 Å². The number of aryl methyl sites for hydroxylation is 1. The number of rotatable bonds is 6. The number of benzene rings is 1. The predicted octanol–water partition coefficient (Wildman–Crippen LogP) is 3.68. The summed E-state index contributed by atoms with van der Waals surface area (Å²) in [4.78, 5) is 2.48. The molecule has 0 saturated carbocycles. The molecule has 1 N–H and O–H groups in total. The molecule has 1 heterocycles. The summed E-state index contributed by atoms with van der Waals surface area (Å²) in [5.41, 5.74) is 3.90. The van der Waals surface area contributed by atoms with Crippen LogP contribution in [0.4, 0.5) is 11.4 Å². The van der Waals surface area contributed by atoms with Gasteiger partial charge in [0.1, 0.15) is 0 Å². The predicted molar refractivity (Wildman–Crippen MR) is 86.8 cm³/mol. The van der Waals surface area contributed by atoms with Gasteiger partial charge in [0.15, 0.2) is 0 Å². The van der Waals surface area contributed by atoms with E-state index in [2.05, 4.69) is 49.2 Å². The number of anilines is 2. The molecule has 0 amide bonds. The van der Waals surface area contributed by atoms with Crippen molar-refractivity contribution in [2.24, 2.45) is 5.92 Å². The molecule has 112 valence electrons. The van der Waals surface area contributed by atoms with Gasteiger partial charge in [-0.3, -0.25) is 0 Å². The minimum atomic E-state index is 0.358. The Labute approximate surface area is 123 Å². The Balaban J connectivity index is 2.08. The summed E-state index contributed by atoms with van der Waals surface area (Å²) >= 11 is 0. The van der Waals surface area contributed by atoms with Crippen molar-refractivity contribution in [1.82, 2.24) is 0 Å². The van der Waals surface area contributed by atoms with Crippen LogP contribution in [-0.2, 0) is 4.74 Å². The molecule has 0 radical (unpaired) electrons. The number of nitrogens with zero attached hydrogens (tertiary/aromatic N) is 1. The molecular weight excluding hydrogens is 248 g/mol. The maximum absolute atomic E-state index is 5.31. The summed E-state index contributed by atoms with van der Waals surface area (Å²) in [5, 5.41) is 3.62. The summed E-state index contributed by atoms with van der Waals surface area (Å²) < 4.78 is 5.31. The lowest BCUT2D eigenvalue weighted by molar-refractivity contribution is 0.171. The third-order valence-electron chi connectivity index (χ3n) is 4.17. The summed E-state index contributed by atoms with van der Waals surface area (Å²) in [5.74, 6) is 0.549. The number of hydrogen-bond acceptors (Lipinski definition) is 3. The van der Waals surface area contributed by atoms with Crippen LogP contribution < -0.4 is 10.2 Å². The van der Waals surface area contributed by atoms with Gasteiger partial charge in [-0.25, -0.2) is 0 Å². The van der Waals surface area contributed by atoms with E-state index in [-0.39, 0.29) is 0 Å². The Hall–Kier alpha value is -1.22. The van der Waals surface area contributed by atoms with Gasteiger partial charge in [0, 0.05) is 31.6 Å². The summed E-state index contributed by atoms with van der Waals surface area (Å²) in [6, 6.07) is 7.12. The number of nitrogens with one attached hydrogen (secondary N) is 1. The molecular formula is C17H28N2O. The molecule has 1 saturated heterocycles. The highest BCUT2D eigenvalue weighted by molar-refractivity contribution is 5.61. The first-order valence-electron chi connectivity index (χ1n) is 7.73. The van der Waals surface area contributed by atoms with E-state index in [1.165, 1.54) is 42.9 Å². The van der Waals surface area contributed by atoms with Crippen molar-refractivity contribution in [3.8, 4) is 0 Å². The fourth-order valence-electron chi connectivity index (χ4n) is 2.76. The first-order chi connectivity index (χ1) is 9.61. The molecule has 3 heteroatoms. The van der Waals surface area contributed by atoms with E-state index in [9.17, 15) is 0 Å². The Morgan fingerprint density at radius 2 is 1.95 bits per heavy atom. The fourth-order valence-corrected chi connectivity index (χ4v) is 2.76. The molecule has 0 bridgehead atoms. The van der Waals surface area contributed by atoms with E-state index in [0.717, 1.165) is 6.61 Å². The summed E-state index contributed by atoms with van der Waals surface area (Å²) in [7, 11) is 1.76. The Kier molecular flexibility index (Phi) is 5.30. The van der Waals surface area contributed by atoms with Crippen LogP contribution in [0.25, 0.3) is 0 Å². The molecule has 0 aliphatic carbocycles. The average molecular weight is 276 g/mol. The van der Waals surface area contributed by atoms with E-state index in [0.29, 0.717) is 12.0 Å². The van der Waals surface area contributed by atoms with Crippen LogP contribution in [0.3, 0.4) is 0 Å². The normalized spacial score (nSPS) is 16.8. The standard InChI is InChI=1S/C17H28N2O/c1-13(2)17(12-20-4)18-16-8-7-15(11-14(16)3)19-9-5-6-10-19/h7-8,11,13,17-18H,5-6,9-10,12H2,1-4H3. The van der Waals surface area contributed by atoms with E-state index in [1.807, 2.05) is 0 Å². The SMILES string of the molecule is COCC(Nc1ccc(N2CCCC2)cc1C)C(C)C. The lowest BCUT2D eigenvalue weighted by Crippen LogP contribution is -2.30. The zero-order valence-electron chi connectivity index (χ0n) is 13.3. The maximum Gasteiger partial charge on any atom is 0.0666 e. The molecule has 1 atom stereocenters. The van der Waals surface area contributed by atoms with E-state index in [1.54, 1.807) is 7.11 Å². The quantitative estimate of drug-likeness (QED) is 0.858. The van der Waals surface area contributed by atoms with Crippen molar-refractivity contribution >= 4 is 11.4 Å². The van der Waals surface area contributed by atoms with Crippen molar-refractivity contribution < 1.29 is 4.74 Å². The molecule has 1 aliphatic heterocycles. The molecule has 1 aliphatic rings. The van der Waals surface area contributed by atoms with Crippen molar-refractivity contribution in [3.05, 3.63) is 23.8 Å². The van der Waals surface area contributed by atoms with Gasteiger partial charge in [-0.15, -0.1) is 0 Å². The third kappa shape index (κ3) is 3.66. The van der Waals surface area contributed by atoms with Crippen molar-refractivity contribution in [2.45, 2.75) is 39.7 Å². The zero-order valence-corrected chi connectivity index (χ0v) is 13.3. The zero-order chi connectivity index (χ0) is 14.5. The summed E-state index contributed by atoms with van der Waals surface area (Å²) in [6.07, 6.45) is 2.64. The molecule has 1 aromatic carbocycles. The largest absolute Gasteiger partial charge is 0.383 e. The monoisotopic (exact) mass is 276 g/mol. The minimum absolute atomic E-state index is 0.358. The highest BCUT2D eigenvalue weighted by Gasteiger charge is 2.16. The van der Waals surface area contributed by atoms with Gasteiger partial charge < -0.3 is 15.0 Å². The number of ether oxygens (including phenoxy) is 1. The Morgan fingerprint density at radius 1 is 1.25 bits per heavy atom. The molecule has 1 aromatic rings. The second kappa shape index (κ2) is 6.98. The Bertz CT molecular complexity index is 425. The smallest absolute Gasteiger partial charge is 0.0666 e. The second-order valence-electron chi connectivity index (χ2n) is 6.14. The number of methoxy groups -OCH3 is 1. The van der Waals surface area contributed by atoms with Crippen LogP contribution in [0.2, 0.25) is 0 Å². The average Bonchev–Trinajstić information content (AvgIpc) is 2.94. The van der Waals surface area contributed by atoms with Gasteiger partial charge in [0.05, 0.1) is 12.6 Å². The van der Waals surface area contributed by atoms with E-state index >= 15 is 0 Å². The molecule has 1 fully saturated rings. The lowest BCUT2D eigenvalue weighted by Gasteiger charge is -2.25. The molecule has 3 nitrogen and oxygen atoms in total. The highest BCUT2D eigenvalue weighted by atomic mass is 16.5. The molecule has 0 spiro atoms. The topological polar surface area (TPSA) is 24.5 Å². The van der Waals surface area contributed by atoms with Gasteiger partial charge in [0.2, 0.25) is 0 Å². The number of hydrogen-bond donors (Lipinski definition) is 1. The minimum Gasteiger partial charge on any atom is -0.383 e. The third-order valence-corrected chi connectivity index (χ3v) is 4.17. The summed E-state index contributed by atoms with van der Waals surface area (Å²) in [6.45, 7) is 9.78. The first-order valence-corrected chi connectivity index (χ1v) is 7.73. The van der Waals surface area contributed by atoms with Gasteiger partial charge in [-0.1, -0.05) is 13.8 Å². The van der Waals surface area contributed by atoms with E-state index < -0.39 is 0 Å². The molecule has 1 unspecified atom stereocenters. The van der Waals surface area contributed by atoms with Crippen LogP contribution in [0.15, 0.2) is 18.2 Å². The second-order valence-corrected chi connectivity index (χ2v) is 6.14. The van der Waals surface area contributed by atoms with Gasteiger partial charge in [0.25, 0.3) is 0 Å². The molecule has 20 heavy (non-hydrogen) atoms. The van der Waals surface area contributed by atoms with Gasteiger partial charge >= 0.3 is 0 Å². The maximum atomic E-state index is 5.31.